The first-order valence-corrected chi connectivity index (χ1v) is 9.23. The number of hydrogen-bond acceptors (Lipinski definition) is 4. The predicted molar refractivity (Wildman–Crippen MR) is 104 cm³/mol. The highest BCUT2D eigenvalue weighted by Crippen LogP contribution is 2.37. The first-order valence-electron chi connectivity index (χ1n) is 8.41. The molecular formula is C20H22N2O2S. The highest BCUT2D eigenvalue weighted by molar-refractivity contribution is 7.21. The largest absolute Gasteiger partial charge is 0.477 e. The number of pyridine rings is 1. The Hall–Kier alpha value is -2.24. The summed E-state index contributed by atoms with van der Waals surface area (Å²) in [6.07, 6.45) is 5.08. The van der Waals surface area contributed by atoms with Gasteiger partial charge in [-0.3, -0.25) is 0 Å². The van der Waals surface area contributed by atoms with Crippen molar-refractivity contribution in [3.8, 4) is 11.1 Å². The molecule has 0 aliphatic carbocycles. The molecule has 130 valence electrons. The molecule has 0 aliphatic rings. The van der Waals surface area contributed by atoms with Crippen LogP contribution in [0.5, 0.6) is 0 Å². The summed E-state index contributed by atoms with van der Waals surface area (Å²) in [6, 6.07) is 12.1. The van der Waals surface area contributed by atoms with Gasteiger partial charge in [-0.1, -0.05) is 24.3 Å². The molecule has 0 fully saturated rings. The average Bonchev–Trinajstić information content (AvgIpc) is 2.99. The van der Waals surface area contributed by atoms with Gasteiger partial charge in [0.2, 0.25) is 0 Å². The molecule has 2 heterocycles. The zero-order chi connectivity index (χ0) is 17.8. The Kier molecular flexibility index (Phi) is 5.46. The van der Waals surface area contributed by atoms with E-state index in [9.17, 15) is 9.90 Å². The van der Waals surface area contributed by atoms with Crippen LogP contribution in [-0.2, 0) is 6.42 Å². The molecular weight excluding hydrogens is 332 g/mol. The Morgan fingerprint density at radius 2 is 1.92 bits per heavy atom. The molecule has 0 saturated carbocycles. The lowest BCUT2D eigenvalue weighted by atomic mass is 10.00. The van der Waals surface area contributed by atoms with Crippen molar-refractivity contribution in [2.75, 3.05) is 20.6 Å². The fraction of sp³-hybridized carbons (Fsp3) is 0.300. The molecule has 0 amide bonds. The Balaban J connectivity index is 1.84. The Labute approximate surface area is 151 Å². The number of benzene rings is 1. The van der Waals surface area contributed by atoms with Crippen molar-refractivity contribution in [3.63, 3.8) is 0 Å². The fourth-order valence-corrected chi connectivity index (χ4v) is 3.97. The van der Waals surface area contributed by atoms with Crippen LogP contribution < -0.4 is 0 Å². The maximum absolute atomic E-state index is 11.6. The summed E-state index contributed by atoms with van der Waals surface area (Å²) in [5, 5.41) is 10.5. The maximum atomic E-state index is 11.6. The molecule has 0 aliphatic heterocycles. The van der Waals surface area contributed by atoms with Gasteiger partial charge in [0.05, 0.1) is 0 Å². The Morgan fingerprint density at radius 1 is 1.16 bits per heavy atom. The van der Waals surface area contributed by atoms with Crippen molar-refractivity contribution in [3.05, 3.63) is 53.0 Å². The van der Waals surface area contributed by atoms with E-state index in [0.29, 0.717) is 4.88 Å². The number of aromatic nitrogens is 1. The molecule has 5 heteroatoms. The summed E-state index contributed by atoms with van der Waals surface area (Å²) in [4.78, 5) is 19.3. The van der Waals surface area contributed by atoms with Gasteiger partial charge in [-0.25, -0.2) is 9.78 Å². The number of hydrogen-bond donors (Lipinski definition) is 1. The normalized spacial score (nSPS) is 11.3. The lowest BCUT2D eigenvalue weighted by Crippen LogP contribution is -2.12. The van der Waals surface area contributed by atoms with E-state index in [4.69, 9.17) is 0 Å². The Bertz CT molecular complexity index is 869. The van der Waals surface area contributed by atoms with Crippen LogP contribution in [-0.4, -0.2) is 41.6 Å². The summed E-state index contributed by atoms with van der Waals surface area (Å²) in [7, 11) is 4.18. The number of carboxylic acids is 1. The van der Waals surface area contributed by atoms with Crippen molar-refractivity contribution in [2.24, 2.45) is 0 Å². The number of carboxylic acid groups (broad SMARTS) is 1. The molecule has 0 saturated heterocycles. The van der Waals surface area contributed by atoms with Crippen molar-refractivity contribution in [1.29, 1.82) is 0 Å². The van der Waals surface area contributed by atoms with Crippen LogP contribution in [0.3, 0.4) is 0 Å². The summed E-state index contributed by atoms with van der Waals surface area (Å²) in [6.45, 7) is 1.11. The quantitative estimate of drug-likeness (QED) is 0.633. The molecule has 3 rings (SSSR count). The zero-order valence-corrected chi connectivity index (χ0v) is 15.3. The van der Waals surface area contributed by atoms with E-state index in [1.807, 2.05) is 24.3 Å². The van der Waals surface area contributed by atoms with E-state index in [1.54, 1.807) is 6.20 Å². The third-order valence-corrected chi connectivity index (χ3v) is 5.33. The van der Waals surface area contributed by atoms with Crippen LogP contribution in [0, 0.1) is 0 Å². The average molecular weight is 354 g/mol. The maximum Gasteiger partial charge on any atom is 0.346 e. The van der Waals surface area contributed by atoms with E-state index in [0.717, 1.165) is 40.7 Å². The predicted octanol–water partition coefficient (Wildman–Crippen LogP) is 4.55. The fourth-order valence-electron chi connectivity index (χ4n) is 2.96. The molecule has 0 bridgehead atoms. The molecule has 0 radical (unpaired) electrons. The van der Waals surface area contributed by atoms with Crippen molar-refractivity contribution in [1.82, 2.24) is 9.88 Å². The highest BCUT2D eigenvalue weighted by Gasteiger charge is 2.19. The van der Waals surface area contributed by atoms with Crippen LogP contribution in [0.25, 0.3) is 21.3 Å². The lowest BCUT2D eigenvalue weighted by Gasteiger charge is -2.09. The second kappa shape index (κ2) is 7.76. The molecule has 4 nitrogen and oxygen atoms in total. The van der Waals surface area contributed by atoms with Gasteiger partial charge in [0.1, 0.15) is 9.71 Å². The molecule has 1 N–H and O–H groups in total. The third-order valence-electron chi connectivity index (χ3n) is 4.22. The van der Waals surface area contributed by atoms with Gasteiger partial charge < -0.3 is 10.0 Å². The second-order valence-corrected chi connectivity index (χ2v) is 7.42. The summed E-state index contributed by atoms with van der Waals surface area (Å²) < 4.78 is 0. The summed E-state index contributed by atoms with van der Waals surface area (Å²) >= 11 is 1.24. The minimum Gasteiger partial charge on any atom is -0.477 e. The van der Waals surface area contributed by atoms with Gasteiger partial charge in [0.25, 0.3) is 0 Å². The van der Waals surface area contributed by atoms with E-state index in [1.165, 1.54) is 23.3 Å². The number of fused-ring (bicyclic) bond motifs is 1. The van der Waals surface area contributed by atoms with Crippen LogP contribution in [0.2, 0.25) is 0 Å². The number of carbonyl (C=O) groups is 1. The number of unbranched alkanes of at least 4 members (excludes halogenated alkanes) is 1. The van der Waals surface area contributed by atoms with Gasteiger partial charge in [-0.15, -0.1) is 11.3 Å². The molecule has 0 atom stereocenters. The zero-order valence-electron chi connectivity index (χ0n) is 14.5. The molecule has 25 heavy (non-hydrogen) atoms. The number of rotatable bonds is 7. The molecule has 0 spiro atoms. The van der Waals surface area contributed by atoms with Gasteiger partial charge in [-0.05, 0) is 63.2 Å². The van der Waals surface area contributed by atoms with Gasteiger partial charge >= 0.3 is 5.97 Å². The second-order valence-electron chi connectivity index (χ2n) is 6.42. The SMILES string of the molecule is CN(C)CCCCc1ccc(-c2c(C(=O)O)sc3ncccc23)cc1. The number of aryl methyl sites for hydroxylation is 1. The third kappa shape index (κ3) is 4.06. The summed E-state index contributed by atoms with van der Waals surface area (Å²) in [5.74, 6) is -0.897. The number of nitrogens with zero attached hydrogens (tertiary/aromatic N) is 2. The van der Waals surface area contributed by atoms with Crippen LogP contribution in [0.15, 0.2) is 42.6 Å². The first-order chi connectivity index (χ1) is 12.1. The van der Waals surface area contributed by atoms with Gasteiger partial charge in [0.15, 0.2) is 0 Å². The van der Waals surface area contributed by atoms with Crippen LogP contribution in [0.1, 0.15) is 28.1 Å². The lowest BCUT2D eigenvalue weighted by molar-refractivity contribution is 0.0703. The first kappa shape index (κ1) is 17.6. The van der Waals surface area contributed by atoms with E-state index in [-0.39, 0.29) is 0 Å². The van der Waals surface area contributed by atoms with Crippen molar-refractivity contribution in [2.45, 2.75) is 19.3 Å². The standard InChI is InChI=1S/C20H22N2O2S/c1-22(2)13-4-3-6-14-8-10-15(11-9-14)17-16-7-5-12-21-19(16)25-18(17)20(23)24/h5,7-12H,3-4,6,13H2,1-2H3,(H,23,24). The topological polar surface area (TPSA) is 53.4 Å². The number of aromatic carboxylic acids is 1. The monoisotopic (exact) mass is 354 g/mol. The van der Waals surface area contributed by atoms with Crippen LogP contribution >= 0.6 is 11.3 Å². The highest BCUT2D eigenvalue weighted by atomic mass is 32.1. The summed E-state index contributed by atoms with van der Waals surface area (Å²) in [5.41, 5.74) is 3.01. The van der Waals surface area contributed by atoms with Gasteiger partial charge in [-0.2, -0.15) is 0 Å². The smallest absolute Gasteiger partial charge is 0.346 e. The minimum absolute atomic E-state index is 0.354. The van der Waals surface area contributed by atoms with E-state index in [2.05, 4.69) is 36.1 Å². The van der Waals surface area contributed by atoms with E-state index >= 15 is 0 Å². The van der Waals surface area contributed by atoms with E-state index < -0.39 is 5.97 Å². The Morgan fingerprint density at radius 3 is 2.60 bits per heavy atom. The molecule has 2 aromatic heterocycles. The van der Waals surface area contributed by atoms with Crippen molar-refractivity contribution >= 4 is 27.5 Å². The molecule has 1 aromatic carbocycles. The number of thiophene rings is 1. The van der Waals surface area contributed by atoms with Crippen molar-refractivity contribution < 1.29 is 9.90 Å². The molecule has 0 unspecified atom stereocenters. The molecule has 3 aromatic rings. The van der Waals surface area contributed by atoms with Crippen LogP contribution in [0.4, 0.5) is 0 Å². The minimum atomic E-state index is -0.897. The van der Waals surface area contributed by atoms with Gasteiger partial charge in [0, 0.05) is 17.1 Å².